The number of hydrogen-bond acceptors (Lipinski definition) is 3. The number of nitriles is 1. The molecule has 114 valence electrons. The molecule has 2 atom stereocenters. The summed E-state index contributed by atoms with van der Waals surface area (Å²) < 4.78 is 26.4. The predicted molar refractivity (Wildman–Crippen MR) is 78.9 cm³/mol. The summed E-state index contributed by atoms with van der Waals surface area (Å²) in [6.07, 6.45) is -0.786. The summed E-state index contributed by atoms with van der Waals surface area (Å²) in [6, 6.07) is 11.6. The molecule has 0 aliphatic rings. The van der Waals surface area contributed by atoms with Crippen LogP contribution < -0.4 is 5.32 Å². The van der Waals surface area contributed by atoms with E-state index in [2.05, 4.69) is 5.32 Å². The fourth-order valence-corrected chi connectivity index (χ4v) is 2.10. The Morgan fingerprint density at radius 3 is 2.36 bits per heavy atom. The number of benzene rings is 2. The summed E-state index contributed by atoms with van der Waals surface area (Å²) in [7, 11) is 0. The number of aliphatic hydroxyl groups is 1. The second kappa shape index (κ2) is 7.12. The van der Waals surface area contributed by atoms with E-state index >= 15 is 0 Å². The van der Waals surface area contributed by atoms with Gasteiger partial charge in [-0.05, 0) is 42.3 Å². The second-order valence-corrected chi connectivity index (χ2v) is 5.05. The fourth-order valence-electron chi connectivity index (χ4n) is 2.10. The summed E-state index contributed by atoms with van der Waals surface area (Å²) in [5, 5.41) is 21.8. The van der Waals surface area contributed by atoms with E-state index in [-0.39, 0.29) is 24.0 Å². The summed E-state index contributed by atoms with van der Waals surface area (Å²) in [6.45, 7) is 2.08. The smallest absolute Gasteiger partial charge is 0.141 e. The molecule has 2 aromatic rings. The van der Waals surface area contributed by atoms with Crippen LogP contribution in [0, 0.1) is 23.0 Å². The maximum absolute atomic E-state index is 13.6. The van der Waals surface area contributed by atoms with Crippen molar-refractivity contribution in [3.8, 4) is 6.07 Å². The van der Waals surface area contributed by atoms with Gasteiger partial charge in [-0.3, -0.25) is 0 Å². The highest BCUT2D eigenvalue weighted by Crippen LogP contribution is 2.18. The zero-order valence-corrected chi connectivity index (χ0v) is 12.1. The first-order valence-corrected chi connectivity index (χ1v) is 6.87. The van der Waals surface area contributed by atoms with Gasteiger partial charge in [0, 0.05) is 12.6 Å². The molecule has 0 aromatic heterocycles. The highest BCUT2D eigenvalue weighted by atomic mass is 19.1. The molecule has 0 aliphatic heterocycles. The molecule has 2 N–H and O–H groups in total. The summed E-state index contributed by atoms with van der Waals surface area (Å²) in [5.41, 5.74) is 1.29. The van der Waals surface area contributed by atoms with Gasteiger partial charge in [0.05, 0.1) is 11.7 Å². The lowest BCUT2D eigenvalue weighted by Gasteiger charge is -2.18. The van der Waals surface area contributed by atoms with Crippen molar-refractivity contribution in [1.82, 2.24) is 5.32 Å². The van der Waals surface area contributed by atoms with Crippen molar-refractivity contribution >= 4 is 0 Å². The monoisotopic (exact) mass is 302 g/mol. The lowest BCUT2D eigenvalue weighted by Crippen LogP contribution is -2.24. The van der Waals surface area contributed by atoms with Crippen LogP contribution in [0.2, 0.25) is 0 Å². The fraction of sp³-hybridized carbons (Fsp3) is 0.235. The van der Waals surface area contributed by atoms with Crippen LogP contribution in [0.3, 0.4) is 0 Å². The Labute approximate surface area is 127 Å². The van der Waals surface area contributed by atoms with Crippen LogP contribution in [-0.2, 0) is 0 Å². The van der Waals surface area contributed by atoms with Gasteiger partial charge < -0.3 is 10.4 Å². The van der Waals surface area contributed by atoms with Crippen LogP contribution in [-0.4, -0.2) is 11.7 Å². The lowest BCUT2D eigenvalue weighted by atomic mass is 10.0. The topological polar surface area (TPSA) is 56.0 Å². The first kappa shape index (κ1) is 16.1. The van der Waals surface area contributed by atoms with E-state index in [1.54, 1.807) is 12.1 Å². The van der Waals surface area contributed by atoms with Gasteiger partial charge in [-0.25, -0.2) is 8.78 Å². The Kier molecular flexibility index (Phi) is 5.21. The Morgan fingerprint density at radius 1 is 1.14 bits per heavy atom. The highest BCUT2D eigenvalue weighted by molar-refractivity contribution is 5.34. The molecule has 2 unspecified atom stereocenters. The number of hydrogen-bond donors (Lipinski definition) is 2. The van der Waals surface area contributed by atoms with E-state index in [9.17, 15) is 13.9 Å². The number of halogens is 2. The first-order valence-electron chi connectivity index (χ1n) is 6.87. The van der Waals surface area contributed by atoms with Crippen LogP contribution in [0.5, 0.6) is 0 Å². The van der Waals surface area contributed by atoms with E-state index < -0.39 is 11.9 Å². The van der Waals surface area contributed by atoms with Crippen LogP contribution in [0.4, 0.5) is 8.78 Å². The molecule has 0 saturated carbocycles. The van der Waals surface area contributed by atoms with Crippen molar-refractivity contribution in [2.24, 2.45) is 0 Å². The van der Waals surface area contributed by atoms with Crippen LogP contribution >= 0.6 is 0 Å². The predicted octanol–water partition coefficient (Wildman–Crippen LogP) is 3.22. The van der Waals surface area contributed by atoms with Crippen molar-refractivity contribution in [2.45, 2.75) is 19.1 Å². The Hall–Kier alpha value is -2.29. The molecule has 0 heterocycles. The van der Waals surface area contributed by atoms with Gasteiger partial charge >= 0.3 is 0 Å². The largest absolute Gasteiger partial charge is 0.387 e. The summed E-state index contributed by atoms with van der Waals surface area (Å²) >= 11 is 0. The maximum atomic E-state index is 13.6. The molecule has 0 aliphatic carbocycles. The van der Waals surface area contributed by atoms with Crippen LogP contribution in [0.15, 0.2) is 42.5 Å². The Balaban J connectivity index is 1.97. The van der Waals surface area contributed by atoms with Crippen molar-refractivity contribution in [3.05, 3.63) is 70.8 Å². The van der Waals surface area contributed by atoms with Gasteiger partial charge in [-0.2, -0.15) is 5.26 Å². The van der Waals surface area contributed by atoms with Gasteiger partial charge in [0.25, 0.3) is 0 Å². The molecule has 0 bridgehead atoms. The summed E-state index contributed by atoms with van der Waals surface area (Å²) in [5.74, 6) is -0.918. The van der Waals surface area contributed by atoms with Crippen LogP contribution in [0.25, 0.3) is 0 Å². The SMILES string of the molecule is CC(NCC(O)c1ccc(F)cc1)c1ccc(C#N)c(F)c1. The molecule has 22 heavy (non-hydrogen) atoms. The number of nitrogens with zero attached hydrogens (tertiary/aromatic N) is 1. The maximum Gasteiger partial charge on any atom is 0.141 e. The van der Waals surface area contributed by atoms with E-state index in [4.69, 9.17) is 5.26 Å². The normalized spacial score (nSPS) is 13.4. The molecule has 0 fully saturated rings. The lowest BCUT2D eigenvalue weighted by molar-refractivity contribution is 0.170. The molecule has 5 heteroatoms. The third-order valence-electron chi connectivity index (χ3n) is 3.49. The highest BCUT2D eigenvalue weighted by Gasteiger charge is 2.12. The zero-order valence-electron chi connectivity index (χ0n) is 12.1. The number of aliphatic hydroxyl groups excluding tert-OH is 1. The molecular weight excluding hydrogens is 286 g/mol. The van der Waals surface area contributed by atoms with Gasteiger partial charge in [-0.15, -0.1) is 0 Å². The Morgan fingerprint density at radius 2 is 1.77 bits per heavy atom. The average Bonchev–Trinajstić information content (AvgIpc) is 2.52. The summed E-state index contributed by atoms with van der Waals surface area (Å²) in [4.78, 5) is 0. The quantitative estimate of drug-likeness (QED) is 0.891. The van der Waals surface area contributed by atoms with E-state index in [0.717, 1.165) is 0 Å². The average molecular weight is 302 g/mol. The minimum absolute atomic E-state index is 0.00213. The van der Waals surface area contributed by atoms with Gasteiger partial charge in [0.2, 0.25) is 0 Å². The molecule has 0 spiro atoms. The van der Waals surface area contributed by atoms with Crippen molar-refractivity contribution < 1.29 is 13.9 Å². The second-order valence-electron chi connectivity index (χ2n) is 5.05. The molecule has 0 amide bonds. The van der Waals surface area contributed by atoms with Gasteiger partial charge in [0.15, 0.2) is 0 Å². The van der Waals surface area contributed by atoms with Crippen molar-refractivity contribution in [1.29, 1.82) is 5.26 Å². The zero-order chi connectivity index (χ0) is 16.1. The standard InChI is InChI=1S/C17H16F2N2O/c1-11(13-2-3-14(9-20)16(19)8-13)21-10-17(22)12-4-6-15(18)7-5-12/h2-8,11,17,21-22H,10H2,1H3. The molecule has 3 nitrogen and oxygen atoms in total. The van der Waals surface area contributed by atoms with E-state index in [0.29, 0.717) is 11.1 Å². The third kappa shape index (κ3) is 3.88. The van der Waals surface area contributed by atoms with E-state index in [1.807, 2.05) is 6.92 Å². The molecule has 0 saturated heterocycles. The Bertz CT molecular complexity index is 680. The molecule has 0 radical (unpaired) electrons. The molecule has 2 rings (SSSR count). The minimum Gasteiger partial charge on any atom is -0.387 e. The minimum atomic E-state index is -0.786. The van der Waals surface area contributed by atoms with Gasteiger partial charge in [-0.1, -0.05) is 18.2 Å². The first-order chi connectivity index (χ1) is 10.5. The van der Waals surface area contributed by atoms with Crippen molar-refractivity contribution in [2.75, 3.05) is 6.54 Å². The number of rotatable bonds is 5. The van der Waals surface area contributed by atoms with E-state index in [1.165, 1.54) is 36.4 Å². The van der Waals surface area contributed by atoms with Crippen molar-refractivity contribution in [3.63, 3.8) is 0 Å². The third-order valence-corrected chi connectivity index (χ3v) is 3.49. The number of nitrogens with one attached hydrogen (secondary N) is 1. The molecular formula is C17H16F2N2O. The van der Waals surface area contributed by atoms with Crippen LogP contribution in [0.1, 0.15) is 35.8 Å². The molecule has 2 aromatic carbocycles. The van der Waals surface area contributed by atoms with Gasteiger partial charge in [0.1, 0.15) is 17.7 Å².